The summed E-state index contributed by atoms with van der Waals surface area (Å²) >= 11 is 0. The van der Waals surface area contributed by atoms with Gasteiger partial charge in [0, 0.05) is 28.6 Å². The van der Waals surface area contributed by atoms with Gasteiger partial charge in [-0.15, -0.1) is 0 Å². The van der Waals surface area contributed by atoms with Gasteiger partial charge in [-0.25, -0.2) is 4.98 Å². The van der Waals surface area contributed by atoms with Gasteiger partial charge in [0.15, 0.2) is 5.82 Å². The van der Waals surface area contributed by atoms with E-state index in [0.717, 1.165) is 46.3 Å². The number of amides is 1. The summed E-state index contributed by atoms with van der Waals surface area (Å²) in [4.78, 5) is 16.4. The zero-order valence-corrected chi connectivity index (χ0v) is 14.2. The zero-order valence-electron chi connectivity index (χ0n) is 14.2. The summed E-state index contributed by atoms with van der Waals surface area (Å²) in [5.74, 6) is 1.56. The Morgan fingerprint density at radius 1 is 1.27 bits per heavy atom. The highest BCUT2D eigenvalue weighted by Crippen LogP contribution is 2.36. The van der Waals surface area contributed by atoms with Crippen LogP contribution in [0.2, 0.25) is 0 Å². The molecule has 7 heteroatoms. The lowest BCUT2D eigenvalue weighted by molar-refractivity contribution is -0.117. The van der Waals surface area contributed by atoms with E-state index < -0.39 is 0 Å². The molecule has 0 atom stereocenters. The van der Waals surface area contributed by atoms with Crippen LogP contribution in [-0.4, -0.2) is 32.6 Å². The molecule has 0 aliphatic heterocycles. The molecule has 3 heterocycles. The van der Waals surface area contributed by atoms with Crippen molar-refractivity contribution in [2.24, 2.45) is 5.92 Å². The first kappa shape index (κ1) is 14.9. The third-order valence-electron chi connectivity index (χ3n) is 4.74. The summed E-state index contributed by atoms with van der Waals surface area (Å²) in [5.41, 5.74) is 3.68. The molecule has 1 aliphatic rings. The number of pyridine rings is 1. The van der Waals surface area contributed by atoms with E-state index in [9.17, 15) is 4.79 Å². The number of nitrogens with one attached hydrogen (secondary N) is 2. The number of fused-ring (bicyclic) bond motifs is 2. The molecule has 0 spiro atoms. The minimum absolute atomic E-state index is 0.0541. The standard InChI is InChI=1S/C19H17N5O2/c1-26-15-6-5-14-13(8-20-23-14)18(15)12-4-7-17-21-16(10-24(17)9-12)22-19(25)11-2-3-11/h4-11H,2-3H2,1H3,(H,20,23)(H,22,25). The van der Waals surface area contributed by atoms with E-state index in [2.05, 4.69) is 20.5 Å². The Labute approximate surface area is 149 Å². The van der Waals surface area contributed by atoms with Gasteiger partial charge in [0.25, 0.3) is 0 Å². The second-order valence-electron chi connectivity index (χ2n) is 6.55. The fourth-order valence-electron chi connectivity index (χ4n) is 3.24. The molecule has 1 fully saturated rings. The number of nitrogens with zero attached hydrogens (tertiary/aromatic N) is 3. The topological polar surface area (TPSA) is 84.3 Å². The van der Waals surface area contributed by atoms with Crippen molar-refractivity contribution in [3.63, 3.8) is 0 Å². The first-order valence-electron chi connectivity index (χ1n) is 8.53. The lowest BCUT2D eigenvalue weighted by Gasteiger charge is -2.10. The molecule has 1 amide bonds. The summed E-state index contributed by atoms with van der Waals surface area (Å²) < 4.78 is 7.47. The number of rotatable bonds is 4. The molecule has 0 bridgehead atoms. The molecule has 2 N–H and O–H groups in total. The van der Waals surface area contributed by atoms with E-state index in [1.807, 2.05) is 41.1 Å². The van der Waals surface area contributed by atoms with Crippen LogP contribution < -0.4 is 10.1 Å². The van der Waals surface area contributed by atoms with E-state index >= 15 is 0 Å². The van der Waals surface area contributed by atoms with Crippen molar-refractivity contribution in [1.29, 1.82) is 0 Å². The van der Waals surface area contributed by atoms with Crippen LogP contribution in [-0.2, 0) is 4.79 Å². The van der Waals surface area contributed by atoms with Crippen molar-refractivity contribution in [3.8, 4) is 16.9 Å². The summed E-state index contributed by atoms with van der Waals surface area (Å²) in [6.07, 6.45) is 7.56. The predicted molar refractivity (Wildman–Crippen MR) is 98.2 cm³/mol. The fourth-order valence-corrected chi connectivity index (χ4v) is 3.24. The molecule has 7 nitrogen and oxygen atoms in total. The van der Waals surface area contributed by atoms with E-state index in [1.165, 1.54) is 0 Å². The molecule has 0 unspecified atom stereocenters. The van der Waals surface area contributed by atoms with Gasteiger partial charge < -0.3 is 14.5 Å². The van der Waals surface area contributed by atoms with Crippen molar-refractivity contribution >= 4 is 28.3 Å². The van der Waals surface area contributed by atoms with E-state index in [-0.39, 0.29) is 11.8 Å². The maximum Gasteiger partial charge on any atom is 0.228 e. The highest BCUT2D eigenvalue weighted by atomic mass is 16.5. The number of H-pyrrole nitrogens is 1. The van der Waals surface area contributed by atoms with Gasteiger partial charge in [-0.1, -0.05) is 0 Å². The molecular formula is C19H17N5O2. The molecule has 26 heavy (non-hydrogen) atoms. The van der Waals surface area contributed by atoms with Crippen molar-refractivity contribution in [2.75, 3.05) is 12.4 Å². The van der Waals surface area contributed by atoms with E-state index in [4.69, 9.17) is 4.74 Å². The highest BCUT2D eigenvalue weighted by molar-refractivity contribution is 5.98. The van der Waals surface area contributed by atoms with E-state index in [0.29, 0.717) is 5.82 Å². The fraction of sp³-hybridized carbons (Fsp3) is 0.211. The number of imidazole rings is 1. The Morgan fingerprint density at radius 3 is 2.96 bits per heavy atom. The third kappa shape index (κ3) is 2.40. The minimum atomic E-state index is 0.0541. The predicted octanol–water partition coefficient (Wildman–Crippen LogP) is 3.23. The highest BCUT2D eigenvalue weighted by Gasteiger charge is 2.30. The normalized spacial score (nSPS) is 14.0. The Hall–Kier alpha value is -3.35. The van der Waals surface area contributed by atoms with Crippen LogP contribution in [0.3, 0.4) is 0 Å². The average Bonchev–Trinajstić information content (AvgIpc) is 3.26. The van der Waals surface area contributed by atoms with Crippen LogP contribution in [0.25, 0.3) is 27.7 Å². The molecule has 3 aromatic heterocycles. The number of methoxy groups -OCH3 is 1. The van der Waals surface area contributed by atoms with Crippen molar-refractivity contribution in [1.82, 2.24) is 19.6 Å². The molecule has 130 valence electrons. The average molecular weight is 347 g/mol. The van der Waals surface area contributed by atoms with Gasteiger partial charge in [-0.05, 0) is 37.1 Å². The SMILES string of the molecule is COc1ccc2[nH]ncc2c1-c1ccc2nc(NC(=O)C3CC3)cn2c1. The lowest BCUT2D eigenvalue weighted by Crippen LogP contribution is -2.13. The molecule has 1 aliphatic carbocycles. The van der Waals surface area contributed by atoms with Gasteiger partial charge in [-0.3, -0.25) is 9.89 Å². The van der Waals surface area contributed by atoms with Gasteiger partial charge in [-0.2, -0.15) is 5.10 Å². The number of benzene rings is 1. The molecule has 0 saturated heterocycles. The second kappa shape index (κ2) is 5.59. The van der Waals surface area contributed by atoms with Crippen molar-refractivity contribution in [2.45, 2.75) is 12.8 Å². The number of carbonyl (C=O) groups excluding carboxylic acids is 1. The zero-order chi connectivity index (χ0) is 17.7. The number of carbonyl (C=O) groups is 1. The van der Waals surface area contributed by atoms with Crippen LogP contribution in [0.5, 0.6) is 5.75 Å². The molecule has 4 aromatic rings. The molecule has 1 saturated carbocycles. The minimum Gasteiger partial charge on any atom is -0.496 e. The number of aromatic amines is 1. The van der Waals surface area contributed by atoms with Crippen LogP contribution in [0.4, 0.5) is 5.82 Å². The summed E-state index contributed by atoms with van der Waals surface area (Å²) in [6, 6.07) is 7.81. The molecule has 1 aromatic carbocycles. The second-order valence-corrected chi connectivity index (χ2v) is 6.55. The first-order valence-corrected chi connectivity index (χ1v) is 8.53. The number of anilines is 1. The summed E-state index contributed by atoms with van der Waals surface area (Å²) in [5, 5.41) is 11.0. The monoisotopic (exact) mass is 347 g/mol. The molecule has 5 rings (SSSR count). The Bertz CT molecular complexity index is 1140. The molecular weight excluding hydrogens is 330 g/mol. The van der Waals surface area contributed by atoms with Gasteiger partial charge >= 0.3 is 0 Å². The third-order valence-corrected chi connectivity index (χ3v) is 4.74. The van der Waals surface area contributed by atoms with Gasteiger partial charge in [0.1, 0.15) is 11.4 Å². The first-order chi connectivity index (χ1) is 12.7. The van der Waals surface area contributed by atoms with Crippen LogP contribution in [0, 0.1) is 5.92 Å². The summed E-state index contributed by atoms with van der Waals surface area (Å²) in [6.45, 7) is 0. The van der Waals surface area contributed by atoms with Crippen LogP contribution in [0.15, 0.2) is 42.9 Å². The smallest absolute Gasteiger partial charge is 0.228 e. The van der Waals surface area contributed by atoms with Gasteiger partial charge in [0.05, 0.1) is 25.0 Å². The maximum absolute atomic E-state index is 12.0. The van der Waals surface area contributed by atoms with Crippen LogP contribution >= 0.6 is 0 Å². The van der Waals surface area contributed by atoms with Gasteiger partial charge in [0.2, 0.25) is 5.91 Å². The molecule has 0 radical (unpaired) electrons. The summed E-state index contributed by atoms with van der Waals surface area (Å²) in [7, 11) is 1.66. The number of hydrogen-bond donors (Lipinski definition) is 2. The Kier molecular flexibility index (Phi) is 3.21. The van der Waals surface area contributed by atoms with E-state index in [1.54, 1.807) is 13.3 Å². The number of aromatic nitrogens is 4. The Balaban J connectivity index is 1.59. The van der Waals surface area contributed by atoms with Crippen LogP contribution in [0.1, 0.15) is 12.8 Å². The largest absolute Gasteiger partial charge is 0.496 e. The number of hydrogen-bond acceptors (Lipinski definition) is 4. The number of ether oxygens (including phenoxy) is 1. The van der Waals surface area contributed by atoms with Crippen molar-refractivity contribution < 1.29 is 9.53 Å². The maximum atomic E-state index is 12.0. The van der Waals surface area contributed by atoms with Crippen molar-refractivity contribution in [3.05, 3.63) is 42.9 Å². The Morgan fingerprint density at radius 2 is 2.15 bits per heavy atom. The lowest BCUT2D eigenvalue weighted by atomic mass is 10.0. The quantitative estimate of drug-likeness (QED) is 0.593.